The van der Waals surface area contributed by atoms with Crippen molar-refractivity contribution >= 4 is 51.4 Å². The zero-order valence-corrected chi connectivity index (χ0v) is 22.1. The number of rotatable bonds is 9. The highest BCUT2D eigenvalue weighted by molar-refractivity contribution is 8.18. The molecule has 1 fully saturated rings. The summed E-state index contributed by atoms with van der Waals surface area (Å²) in [5.74, 6) is 0.289. The highest BCUT2D eigenvalue weighted by Crippen LogP contribution is 2.34. The van der Waals surface area contributed by atoms with Crippen LogP contribution in [0.1, 0.15) is 18.1 Å². The molecule has 0 atom stereocenters. The van der Waals surface area contributed by atoms with Gasteiger partial charge in [-0.05, 0) is 77.5 Å². The summed E-state index contributed by atoms with van der Waals surface area (Å²) in [6.07, 6.45) is 1.63. The minimum absolute atomic E-state index is 0.232. The number of benzene rings is 4. The van der Waals surface area contributed by atoms with E-state index >= 15 is 0 Å². The van der Waals surface area contributed by atoms with Gasteiger partial charge in [-0.2, -0.15) is 0 Å². The van der Waals surface area contributed by atoms with E-state index in [2.05, 4.69) is 29.6 Å². The third-order valence-corrected chi connectivity index (χ3v) is 6.95. The number of thioether (sulfide) groups is 1. The van der Waals surface area contributed by atoms with Crippen molar-refractivity contribution in [2.75, 3.05) is 18.5 Å². The highest BCUT2D eigenvalue weighted by atomic mass is 32.2. The fourth-order valence-corrected chi connectivity index (χ4v) is 4.97. The summed E-state index contributed by atoms with van der Waals surface area (Å²) >= 11 is 0.803. The lowest BCUT2D eigenvalue weighted by atomic mass is 10.1. The second-order valence-corrected chi connectivity index (χ2v) is 9.77. The van der Waals surface area contributed by atoms with E-state index in [9.17, 15) is 14.4 Å². The molecule has 1 saturated heterocycles. The number of nitrogens with one attached hydrogen (secondary N) is 1. The van der Waals surface area contributed by atoms with Crippen LogP contribution in [0.2, 0.25) is 0 Å². The molecule has 1 aliphatic rings. The van der Waals surface area contributed by atoms with E-state index in [1.54, 1.807) is 30.3 Å². The van der Waals surface area contributed by atoms with Crippen LogP contribution < -0.4 is 14.8 Å². The van der Waals surface area contributed by atoms with Crippen LogP contribution in [0.15, 0.2) is 95.9 Å². The standard InChI is InChI=1S/C31H26N2O5S/c1-2-37-26-15-13-25(14-16-26)32-29(34)19-33-30(35)28(39-31(33)36)18-24-9-5-6-10-27(24)38-20-21-11-12-22-7-3-4-8-23(22)17-21/h3-18H,2,19-20H2,1H3,(H,32,34)/b28-18+. The van der Waals surface area contributed by atoms with Crippen LogP contribution in [0.5, 0.6) is 11.5 Å². The SMILES string of the molecule is CCOc1ccc(NC(=O)CN2C(=O)S/C(=C/c3ccccc3OCc3ccc4ccccc4c3)C2=O)cc1. The van der Waals surface area contributed by atoms with Gasteiger partial charge in [-0.1, -0.05) is 54.6 Å². The summed E-state index contributed by atoms with van der Waals surface area (Å²) in [7, 11) is 0. The van der Waals surface area contributed by atoms with Crippen molar-refractivity contribution in [2.24, 2.45) is 0 Å². The minimum Gasteiger partial charge on any atom is -0.494 e. The molecule has 1 heterocycles. The van der Waals surface area contributed by atoms with Gasteiger partial charge in [0.05, 0.1) is 11.5 Å². The summed E-state index contributed by atoms with van der Waals surface area (Å²) in [4.78, 5) is 39.3. The molecule has 0 spiro atoms. The Labute approximate surface area is 230 Å². The molecule has 39 heavy (non-hydrogen) atoms. The zero-order valence-electron chi connectivity index (χ0n) is 21.3. The molecule has 1 N–H and O–H groups in total. The van der Waals surface area contributed by atoms with Crippen LogP contribution in [-0.2, 0) is 16.2 Å². The largest absolute Gasteiger partial charge is 0.494 e. The average molecular weight is 539 g/mol. The highest BCUT2D eigenvalue weighted by Gasteiger charge is 2.36. The Morgan fingerprint density at radius 1 is 0.897 bits per heavy atom. The molecule has 0 unspecified atom stereocenters. The number of carbonyl (C=O) groups is 3. The Bertz CT molecular complexity index is 1570. The molecule has 3 amide bonds. The molecule has 5 rings (SSSR count). The number of anilines is 1. The van der Waals surface area contributed by atoms with Gasteiger partial charge in [0.25, 0.3) is 11.1 Å². The molecule has 1 aliphatic heterocycles. The van der Waals surface area contributed by atoms with Gasteiger partial charge in [0.2, 0.25) is 5.91 Å². The van der Waals surface area contributed by atoms with Crippen molar-refractivity contribution in [1.82, 2.24) is 4.90 Å². The first-order chi connectivity index (χ1) is 19.0. The number of fused-ring (bicyclic) bond motifs is 1. The second kappa shape index (κ2) is 11.9. The number of hydrogen-bond acceptors (Lipinski definition) is 6. The van der Waals surface area contributed by atoms with Crippen molar-refractivity contribution in [1.29, 1.82) is 0 Å². The van der Waals surface area contributed by atoms with Crippen LogP contribution in [0.25, 0.3) is 16.8 Å². The number of hydrogen-bond donors (Lipinski definition) is 1. The summed E-state index contributed by atoms with van der Waals surface area (Å²) in [6.45, 7) is 2.40. The summed E-state index contributed by atoms with van der Waals surface area (Å²) in [6, 6.07) is 28.5. The lowest BCUT2D eigenvalue weighted by molar-refractivity contribution is -0.127. The van der Waals surface area contributed by atoms with E-state index in [4.69, 9.17) is 9.47 Å². The number of imide groups is 1. The van der Waals surface area contributed by atoms with Crippen LogP contribution in [0, 0.1) is 0 Å². The Morgan fingerprint density at radius 3 is 2.44 bits per heavy atom. The number of amides is 3. The Morgan fingerprint density at radius 2 is 1.64 bits per heavy atom. The minimum atomic E-state index is -0.517. The molecule has 0 aliphatic carbocycles. The van der Waals surface area contributed by atoms with Crippen LogP contribution in [-0.4, -0.2) is 35.1 Å². The van der Waals surface area contributed by atoms with Crippen LogP contribution in [0.3, 0.4) is 0 Å². The second-order valence-electron chi connectivity index (χ2n) is 8.78. The molecular weight excluding hydrogens is 512 g/mol. The third-order valence-electron chi connectivity index (χ3n) is 6.04. The molecule has 8 heteroatoms. The zero-order chi connectivity index (χ0) is 27.2. The molecule has 4 aromatic rings. The van der Waals surface area contributed by atoms with Gasteiger partial charge in [0.15, 0.2) is 0 Å². The van der Waals surface area contributed by atoms with Crippen molar-refractivity contribution in [3.63, 3.8) is 0 Å². The van der Waals surface area contributed by atoms with Gasteiger partial charge >= 0.3 is 0 Å². The van der Waals surface area contributed by atoms with Gasteiger partial charge in [-0.25, -0.2) is 0 Å². The van der Waals surface area contributed by atoms with Gasteiger partial charge in [-0.15, -0.1) is 0 Å². The maximum Gasteiger partial charge on any atom is 0.294 e. The number of para-hydroxylation sites is 1. The predicted molar refractivity (Wildman–Crippen MR) is 154 cm³/mol. The lowest BCUT2D eigenvalue weighted by Gasteiger charge is -2.13. The van der Waals surface area contributed by atoms with E-state index in [1.807, 2.05) is 49.4 Å². The molecule has 7 nitrogen and oxygen atoms in total. The van der Waals surface area contributed by atoms with Crippen LogP contribution >= 0.6 is 11.8 Å². The van der Waals surface area contributed by atoms with Gasteiger partial charge < -0.3 is 14.8 Å². The van der Waals surface area contributed by atoms with Gasteiger partial charge in [0.1, 0.15) is 24.7 Å². The van der Waals surface area contributed by atoms with E-state index in [0.29, 0.717) is 36.0 Å². The molecule has 0 radical (unpaired) electrons. The summed E-state index contributed by atoms with van der Waals surface area (Å²) in [5, 5.41) is 4.50. The maximum atomic E-state index is 13.0. The summed E-state index contributed by atoms with van der Waals surface area (Å²) in [5.41, 5.74) is 2.23. The molecular formula is C31H26N2O5S. The van der Waals surface area contributed by atoms with Crippen molar-refractivity contribution < 1.29 is 23.9 Å². The maximum absolute atomic E-state index is 13.0. The Kier molecular flexibility index (Phi) is 7.94. The number of carbonyl (C=O) groups excluding carboxylic acids is 3. The first kappa shape index (κ1) is 26.1. The van der Waals surface area contributed by atoms with E-state index < -0.39 is 17.1 Å². The van der Waals surface area contributed by atoms with E-state index in [-0.39, 0.29) is 11.4 Å². The quantitative estimate of drug-likeness (QED) is 0.245. The fraction of sp³-hybridized carbons (Fsp3) is 0.129. The predicted octanol–water partition coefficient (Wildman–Crippen LogP) is 6.49. The van der Waals surface area contributed by atoms with Crippen molar-refractivity contribution in [3.05, 3.63) is 107 Å². The Balaban J connectivity index is 1.24. The van der Waals surface area contributed by atoms with Crippen molar-refractivity contribution in [2.45, 2.75) is 13.5 Å². The first-order valence-electron chi connectivity index (χ1n) is 12.5. The number of nitrogens with zero attached hydrogens (tertiary/aromatic N) is 1. The molecule has 0 aromatic heterocycles. The van der Waals surface area contributed by atoms with Gasteiger partial charge in [-0.3, -0.25) is 19.3 Å². The van der Waals surface area contributed by atoms with Gasteiger partial charge in [0, 0.05) is 11.3 Å². The fourth-order valence-electron chi connectivity index (χ4n) is 4.14. The van der Waals surface area contributed by atoms with Crippen molar-refractivity contribution in [3.8, 4) is 11.5 Å². The Hall–Kier alpha value is -4.56. The molecule has 0 saturated carbocycles. The topological polar surface area (TPSA) is 84.9 Å². The lowest BCUT2D eigenvalue weighted by Crippen LogP contribution is -2.36. The molecule has 4 aromatic carbocycles. The average Bonchev–Trinajstić information content (AvgIpc) is 3.21. The third kappa shape index (κ3) is 6.30. The first-order valence-corrected chi connectivity index (χ1v) is 13.3. The monoisotopic (exact) mass is 538 g/mol. The van der Waals surface area contributed by atoms with Crippen LogP contribution in [0.4, 0.5) is 10.5 Å². The molecule has 196 valence electrons. The smallest absolute Gasteiger partial charge is 0.294 e. The van der Waals surface area contributed by atoms with E-state index in [0.717, 1.165) is 33.0 Å². The molecule has 0 bridgehead atoms. The van der Waals surface area contributed by atoms with E-state index in [1.165, 1.54) is 0 Å². The number of ether oxygens (including phenoxy) is 2. The summed E-state index contributed by atoms with van der Waals surface area (Å²) < 4.78 is 11.5. The normalized spacial score (nSPS) is 14.2.